The van der Waals surface area contributed by atoms with E-state index < -0.39 is 0 Å². The average Bonchev–Trinajstić information content (AvgIpc) is 2.65. The SMILES string of the molecule is CCCCCCCC/C=C\CCCCCCCC(=O)OC1CCCCC1. The molecule has 0 bridgehead atoms. The average molecular weight is 365 g/mol. The molecule has 0 saturated heterocycles. The fourth-order valence-electron chi connectivity index (χ4n) is 3.77. The van der Waals surface area contributed by atoms with Crippen LogP contribution in [0.5, 0.6) is 0 Å². The number of unbranched alkanes of at least 4 members (excludes halogenated alkanes) is 11. The largest absolute Gasteiger partial charge is 0.462 e. The molecule has 0 heterocycles. The van der Waals surface area contributed by atoms with Crippen molar-refractivity contribution in [2.45, 2.75) is 135 Å². The number of hydrogen-bond acceptors (Lipinski definition) is 2. The number of ether oxygens (including phenoxy) is 1. The van der Waals surface area contributed by atoms with Gasteiger partial charge in [0, 0.05) is 6.42 Å². The Morgan fingerprint density at radius 2 is 1.31 bits per heavy atom. The first-order chi connectivity index (χ1) is 12.8. The van der Waals surface area contributed by atoms with Crippen LogP contribution in [0.15, 0.2) is 12.2 Å². The Morgan fingerprint density at radius 1 is 0.769 bits per heavy atom. The molecule has 0 radical (unpaired) electrons. The molecule has 0 N–H and O–H groups in total. The van der Waals surface area contributed by atoms with Gasteiger partial charge in [-0.3, -0.25) is 4.79 Å². The quantitative estimate of drug-likeness (QED) is 0.158. The summed E-state index contributed by atoms with van der Waals surface area (Å²) in [6.45, 7) is 2.27. The Bertz CT molecular complexity index is 342. The van der Waals surface area contributed by atoms with E-state index in [1.807, 2.05) is 0 Å². The number of hydrogen-bond donors (Lipinski definition) is 0. The van der Waals surface area contributed by atoms with Crippen LogP contribution in [-0.2, 0) is 9.53 Å². The Balaban J connectivity index is 1.78. The summed E-state index contributed by atoms with van der Waals surface area (Å²) in [5.74, 6) is 0.0366. The van der Waals surface area contributed by atoms with Gasteiger partial charge >= 0.3 is 5.97 Å². The lowest BCUT2D eigenvalue weighted by Gasteiger charge is -2.21. The molecule has 1 saturated carbocycles. The highest BCUT2D eigenvalue weighted by molar-refractivity contribution is 5.69. The standard InChI is InChI=1S/C24H44O2/c1-2-3-4-5-6-7-8-9-10-11-12-13-14-15-19-22-24(25)26-23-20-17-16-18-21-23/h9-10,23H,2-8,11-22H2,1H3/b10-9-. The lowest BCUT2D eigenvalue weighted by Crippen LogP contribution is -2.20. The smallest absolute Gasteiger partial charge is 0.306 e. The topological polar surface area (TPSA) is 26.3 Å². The molecule has 1 rings (SSSR count). The van der Waals surface area contributed by atoms with Gasteiger partial charge in [-0.1, -0.05) is 76.9 Å². The predicted molar refractivity (Wildman–Crippen MR) is 112 cm³/mol. The molecule has 0 aromatic rings. The number of allylic oxidation sites excluding steroid dienone is 2. The molecule has 0 spiro atoms. The Hall–Kier alpha value is -0.790. The third kappa shape index (κ3) is 14.4. The van der Waals surface area contributed by atoms with E-state index in [4.69, 9.17) is 4.74 Å². The Labute approximate surface area is 163 Å². The molecule has 0 aromatic carbocycles. The normalized spacial score (nSPS) is 15.6. The first-order valence-corrected chi connectivity index (χ1v) is 11.7. The zero-order chi connectivity index (χ0) is 18.7. The van der Waals surface area contributed by atoms with E-state index in [9.17, 15) is 4.79 Å². The van der Waals surface area contributed by atoms with Crippen LogP contribution in [0.25, 0.3) is 0 Å². The van der Waals surface area contributed by atoms with Gasteiger partial charge in [-0.15, -0.1) is 0 Å². The van der Waals surface area contributed by atoms with Gasteiger partial charge in [0.2, 0.25) is 0 Å². The van der Waals surface area contributed by atoms with Crippen molar-refractivity contribution in [1.82, 2.24) is 0 Å². The second-order valence-electron chi connectivity index (χ2n) is 8.08. The molecular weight excluding hydrogens is 320 g/mol. The van der Waals surface area contributed by atoms with Gasteiger partial charge in [0.15, 0.2) is 0 Å². The van der Waals surface area contributed by atoms with Gasteiger partial charge in [0.25, 0.3) is 0 Å². The van der Waals surface area contributed by atoms with E-state index in [1.54, 1.807) is 0 Å². The summed E-state index contributed by atoms with van der Waals surface area (Å²) in [6, 6.07) is 0. The minimum atomic E-state index is 0.0366. The van der Waals surface area contributed by atoms with Gasteiger partial charge in [-0.25, -0.2) is 0 Å². The second kappa shape index (κ2) is 17.6. The summed E-state index contributed by atoms with van der Waals surface area (Å²) in [4.78, 5) is 11.8. The van der Waals surface area contributed by atoms with Crippen LogP contribution < -0.4 is 0 Å². The van der Waals surface area contributed by atoms with Gasteiger partial charge in [-0.2, -0.15) is 0 Å². The van der Waals surface area contributed by atoms with Crippen molar-refractivity contribution in [3.8, 4) is 0 Å². The van der Waals surface area contributed by atoms with Crippen molar-refractivity contribution in [3.05, 3.63) is 12.2 Å². The first-order valence-electron chi connectivity index (χ1n) is 11.7. The monoisotopic (exact) mass is 364 g/mol. The molecule has 0 aliphatic heterocycles. The number of carbonyl (C=O) groups is 1. The highest BCUT2D eigenvalue weighted by Gasteiger charge is 2.17. The van der Waals surface area contributed by atoms with E-state index >= 15 is 0 Å². The summed E-state index contributed by atoms with van der Waals surface area (Å²) < 4.78 is 5.56. The van der Waals surface area contributed by atoms with E-state index in [1.165, 1.54) is 96.3 Å². The Morgan fingerprint density at radius 3 is 1.92 bits per heavy atom. The van der Waals surface area contributed by atoms with Crippen LogP contribution in [0.1, 0.15) is 129 Å². The molecule has 26 heavy (non-hydrogen) atoms. The maximum atomic E-state index is 11.8. The van der Waals surface area contributed by atoms with E-state index in [0.29, 0.717) is 6.42 Å². The molecule has 2 nitrogen and oxygen atoms in total. The first kappa shape index (κ1) is 23.2. The van der Waals surface area contributed by atoms with Crippen molar-refractivity contribution in [3.63, 3.8) is 0 Å². The van der Waals surface area contributed by atoms with Crippen molar-refractivity contribution in [2.24, 2.45) is 0 Å². The van der Waals surface area contributed by atoms with Gasteiger partial charge < -0.3 is 4.74 Å². The summed E-state index contributed by atoms with van der Waals surface area (Å²) in [5, 5.41) is 0. The summed E-state index contributed by atoms with van der Waals surface area (Å²) in [7, 11) is 0. The van der Waals surface area contributed by atoms with Gasteiger partial charge in [-0.05, 0) is 57.8 Å². The van der Waals surface area contributed by atoms with Gasteiger partial charge in [0.05, 0.1) is 0 Å². The van der Waals surface area contributed by atoms with Crippen molar-refractivity contribution in [2.75, 3.05) is 0 Å². The molecule has 0 unspecified atom stereocenters. The highest BCUT2D eigenvalue weighted by atomic mass is 16.5. The highest BCUT2D eigenvalue weighted by Crippen LogP contribution is 2.21. The van der Waals surface area contributed by atoms with Gasteiger partial charge in [0.1, 0.15) is 6.10 Å². The second-order valence-corrected chi connectivity index (χ2v) is 8.08. The maximum Gasteiger partial charge on any atom is 0.306 e. The number of esters is 1. The molecule has 1 fully saturated rings. The minimum absolute atomic E-state index is 0.0366. The molecule has 0 amide bonds. The summed E-state index contributed by atoms with van der Waals surface area (Å²) in [6.07, 6.45) is 28.3. The summed E-state index contributed by atoms with van der Waals surface area (Å²) >= 11 is 0. The molecule has 1 aliphatic carbocycles. The van der Waals surface area contributed by atoms with Crippen LogP contribution in [0, 0.1) is 0 Å². The van der Waals surface area contributed by atoms with Crippen LogP contribution in [0.4, 0.5) is 0 Å². The molecule has 2 heteroatoms. The minimum Gasteiger partial charge on any atom is -0.462 e. The van der Waals surface area contributed by atoms with Crippen molar-refractivity contribution >= 4 is 5.97 Å². The fourth-order valence-corrected chi connectivity index (χ4v) is 3.77. The Kier molecular flexibility index (Phi) is 15.8. The molecular formula is C24H44O2. The van der Waals surface area contributed by atoms with E-state index in [-0.39, 0.29) is 12.1 Å². The fraction of sp³-hybridized carbons (Fsp3) is 0.875. The molecule has 152 valence electrons. The van der Waals surface area contributed by atoms with Crippen LogP contribution in [-0.4, -0.2) is 12.1 Å². The zero-order valence-corrected chi connectivity index (χ0v) is 17.5. The lowest BCUT2D eigenvalue weighted by atomic mass is 9.98. The molecule has 1 aliphatic rings. The van der Waals surface area contributed by atoms with Crippen molar-refractivity contribution in [1.29, 1.82) is 0 Å². The zero-order valence-electron chi connectivity index (χ0n) is 17.5. The van der Waals surface area contributed by atoms with Crippen LogP contribution >= 0.6 is 0 Å². The molecule has 0 atom stereocenters. The third-order valence-electron chi connectivity index (χ3n) is 5.49. The van der Waals surface area contributed by atoms with Crippen LogP contribution in [0.2, 0.25) is 0 Å². The number of carbonyl (C=O) groups excluding carboxylic acids is 1. The van der Waals surface area contributed by atoms with Crippen molar-refractivity contribution < 1.29 is 9.53 Å². The molecule has 0 aromatic heterocycles. The summed E-state index contributed by atoms with van der Waals surface area (Å²) in [5.41, 5.74) is 0. The third-order valence-corrected chi connectivity index (χ3v) is 5.49. The van der Waals surface area contributed by atoms with E-state index in [2.05, 4.69) is 19.1 Å². The lowest BCUT2D eigenvalue weighted by molar-refractivity contribution is -0.150. The van der Waals surface area contributed by atoms with Crippen LogP contribution in [0.3, 0.4) is 0 Å². The van der Waals surface area contributed by atoms with E-state index in [0.717, 1.165) is 19.3 Å². The predicted octanol–water partition coefficient (Wildman–Crippen LogP) is 7.90. The number of rotatable bonds is 16. The maximum absolute atomic E-state index is 11.8.